The second-order valence-electron chi connectivity index (χ2n) is 8.42. The molecule has 0 aromatic rings. The van der Waals surface area contributed by atoms with Gasteiger partial charge in [0.25, 0.3) is 0 Å². The van der Waals surface area contributed by atoms with Crippen molar-refractivity contribution in [3.8, 4) is 0 Å². The van der Waals surface area contributed by atoms with E-state index in [0.717, 1.165) is 6.42 Å². The lowest BCUT2D eigenvalue weighted by atomic mass is 10.1. The molecular weight excluding hydrogens is 448 g/mol. The van der Waals surface area contributed by atoms with Crippen LogP contribution < -0.4 is 33.2 Å². The number of nitrogens with two attached hydrogens (primary N) is 3. The van der Waals surface area contributed by atoms with Gasteiger partial charge in [-0.15, -0.1) is 0 Å². The predicted molar refractivity (Wildman–Crippen MR) is 121 cm³/mol. The Balaban J connectivity index is 2.14. The van der Waals surface area contributed by atoms with E-state index in [9.17, 15) is 29.1 Å². The van der Waals surface area contributed by atoms with Crippen LogP contribution in [0.3, 0.4) is 0 Å². The van der Waals surface area contributed by atoms with Crippen molar-refractivity contribution >= 4 is 35.6 Å². The molecule has 14 heteroatoms. The van der Waals surface area contributed by atoms with E-state index in [0.29, 0.717) is 32.2 Å². The van der Waals surface area contributed by atoms with Gasteiger partial charge in [0.1, 0.15) is 18.1 Å². The van der Waals surface area contributed by atoms with E-state index in [1.165, 1.54) is 4.90 Å². The number of amides is 4. The Morgan fingerprint density at radius 3 is 2.38 bits per heavy atom. The summed E-state index contributed by atoms with van der Waals surface area (Å²) in [7, 11) is 0. The maximum absolute atomic E-state index is 13.2. The number of aliphatic imine (C=N–C) groups is 1. The van der Waals surface area contributed by atoms with Crippen molar-refractivity contribution in [2.75, 3.05) is 19.6 Å². The van der Waals surface area contributed by atoms with Crippen LogP contribution in [-0.2, 0) is 24.0 Å². The third-order valence-corrected chi connectivity index (χ3v) is 5.80. The van der Waals surface area contributed by atoms with Gasteiger partial charge < -0.3 is 43.2 Å². The topological polar surface area (TPSA) is 235 Å². The number of nitrogens with zero attached hydrogens (tertiary/aromatic N) is 2. The first kappa shape index (κ1) is 26.8. The first-order valence-electron chi connectivity index (χ1n) is 11.3. The fourth-order valence-electron chi connectivity index (χ4n) is 4.11. The molecule has 190 valence electrons. The molecule has 0 bridgehead atoms. The Morgan fingerprint density at radius 2 is 1.79 bits per heavy atom. The van der Waals surface area contributed by atoms with Crippen LogP contribution in [0.25, 0.3) is 0 Å². The lowest BCUT2D eigenvalue weighted by molar-refractivity contribution is -0.149. The molecule has 2 aliphatic rings. The highest BCUT2D eigenvalue weighted by Gasteiger charge is 2.38. The largest absolute Gasteiger partial charge is 0.480 e. The minimum absolute atomic E-state index is 0.117. The second-order valence-corrected chi connectivity index (χ2v) is 8.42. The standard InChI is InChI=1S/C20H34N8O6/c21-15(29)10-13(27-16(30)11-4-1-7-24-11)17(31)26-12(5-2-8-25-20(22)23)18(32)28-9-3-6-14(28)19(33)34/h11-14,24H,1-10H2,(H2,21,29)(H,26,31)(H,27,30)(H,33,34)(H4,22,23,25). The normalized spacial score (nSPS) is 21.4. The van der Waals surface area contributed by atoms with Crippen LogP contribution in [0.4, 0.5) is 0 Å². The predicted octanol–water partition coefficient (Wildman–Crippen LogP) is -3.29. The molecule has 4 amide bonds. The van der Waals surface area contributed by atoms with Crippen molar-refractivity contribution in [1.29, 1.82) is 0 Å². The zero-order chi connectivity index (χ0) is 25.3. The molecule has 34 heavy (non-hydrogen) atoms. The maximum Gasteiger partial charge on any atom is 0.326 e. The van der Waals surface area contributed by atoms with Crippen LogP contribution in [0.15, 0.2) is 4.99 Å². The molecule has 0 aromatic heterocycles. The van der Waals surface area contributed by atoms with Gasteiger partial charge in [-0.2, -0.15) is 0 Å². The van der Waals surface area contributed by atoms with Crippen LogP contribution in [0.2, 0.25) is 0 Å². The van der Waals surface area contributed by atoms with Crippen LogP contribution in [0.1, 0.15) is 44.9 Å². The van der Waals surface area contributed by atoms with Gasteiger partial charge in [0.05, 0.1) is 12.5 Å². The Hall–Kier alpha value is -3.42. The van der Waals surface area contributed by atoms with Gasteiger partial charge in [-0.1, -0.05) is 0 Å². The minimum Gasteiger partial charge on any atom is -0.480 e. The van der Waals surface area contributed by atoms with E-state index in [1.807, 2.05) is 0 Å². The lowest BCUT2D eigenvalue weighted by Gasteiger charge is -2.28. The maximum atomic E-state index is 13.2. The Bertz CT molecular complexity index is 809. The summed E-state index contributed by atoms with van der Waals surface area (Å²) in [6.45, 7) is 1.10. The quantitative estimate of drug-likeness (QED) is 0.0837. The number of hydrogen-bond acceptors (Lipinski definition) is 7. The monoisotopic (exact) mass is 482 g/mol. The first-order valence-corrected chi connectivity index (χ1v) is 11.3. The summed E-state index contributed by atoms with van der Waals surface area (Å²) >= 11 is 0. The molecular formula is C20H34N8O6. The number of carbonyl (C=O) groups is 5. The van der Waals surface area contributed by atoms with Crippen molar-refractivity contribution < 1.29 is 29.1 Å². The van der Waals surface area contributed by atoms with Crippen LogP contribution in [0.5, 0.6) is 0 Å². The lowest BCUT2D eigenvalue weighted by Crippen LogP contribution is -2.57. The summed E-state index contributed by atoms with van der Waals surface area (Å²) in [6, 6.07) is -3.85. The number of likely N-dealkylation sites (tertiary alicyclic amines) is 1. The van der Waals surface area contributed by atoms with Gasteiger partial charge >= 0.3 is 5.97 Å². The minimum atomic E-state index is -1.28. The van der Waals surface area contributed by atoms with Gasteiger partial charge in [0.15, 0.2) is 5.96 Å². The summed E-state index contributed by atoms with van der Waals surface area (Å²) in [5, 5.41) is 17.5. The zero-order valence-corrected chi connectivity index (χ0v) is 19.0. The highest BCUT2D eigenvalue weighted by Crippen LogP contribution is 2.20. The Labute approximate surface area is 197 Å². The first-order chi connectivity index (χ1) is 16.1. The van der Waals surface area contributed by atoms with Gasteiger partial charge in [0.2, 0.25) is 23.6 Å². The van der Waals surface area contributed by atoms with Crippen molar-refractivity contribution in [2.24, 2.45) is 22.2 Å². The second kappa shape index (κ2) is 12.7. The summed E-state index contributed by atoms with van der Waals surface area (Å²) in [5.41, 5.74) is 15.9. The van der Waals surface area contributed by atoms with E-state index in [4.69, 9.17) is 17.2 Å². The molecule has 2 fully saturated rings. The molecule has 0 aromatic carbocycles. The number of carboxylic acids is 1. The van der Waals surface area contributed by atoms with Crippen LogP contribution in [-0.4, -0.2) is 89.4 Å². The zero-order valence-electron chi connectivity index (χ0n) is 19.0. The third-order valence-electron chi connectivity index (χ3n) is 5.80. The summed E-state index contributed by atoms with van der Waals surface area (Å²) in [4.78, 5) is 66.8. The molecule has 2 rings (SSSR count). The molecule has 2 heterocycles. The summed E-state index contributed by atoms with van der Waals surface area (Å²) < 4.78 is 0. The van der Waals surface area contributed by atoms with E-state index < -0.39 is 60.2 Å². The highest BCUT2D eigenvalue weighted by molar-refractivity contribution is 5.96. The average molecular weight is 483 g/mol. The molecule has 0 spiro atoms. The van der Waals surface area contributed by atoms with E-state index in [1.54, 1.807) is 0 Å². The van der Waals surface area contributed by atoms with Gasteiger partial charge in [0, 0.05) is 13.1 Å². The van der Waals surface area contributed by atoms with E-state index >= 15 is 0 Å². The summed E-state index contributed by atoms with van der Waals surface area (Å²) in [5.74, 6) is -3.83. The van der Waals surface area contributed by atoms with Gasteiger partial charge in [-0.3, -0.25) is 24.2 Å². The van der Waals surface area contributed by atoms with Crippen molar-refractivity contribution in [3.63, 3.8) is 0 Å². The van der Waals surface area contributed by atoms with Crippen molar-refractivity contribution in [2.45, 2.75) is 69.1 Å². The van der Waals surface area contributed by atoms with Crippen molar-refractivity contribution in [1.82, 2.24) is 20.9 Å². The molecule has 0 aliphatic carbocycles. The van der Waals surface area contributed by atoms with Crippen molar-refractivity contribution in [3.05, 3.63) is 0 Å². The van der Waals surface area contributed by atoms with Gasteiger partial charge in [-0.25, -0.2) is 4.79 Å². The molecule has 14 nitrogen and oxygen atoms in total. The number of aliphatic carboxylic acids is 1. The van der Waals surface area contributed by atoms with E-state index in [-0.39, 0.29) is 25.5 Å². The number of guanidine groups is 1. The number of primary amides is 1. The molecule has 2 aliphatic heterocycles. The van der Waals surface area contributed by atoms with Gasteiger partial charge in [-0.05, 0) is 45.1 Å². The number of carboxylic acid groups (broad SMARTS) is 1. The smallest absolute Gasteiger partial charge is 0.326 e. The van der Waals surface area contributed by atoms with E-state index in [2.05, 4.69) is 20.9 Å². The number of rotatable bonds is 12. The average Bonchev–Trinajstić information content (AvgIpc) is 3.46. The Kier molecular flexibility index (Phi) is 10.0. The summed E-state index contributed by atoms with van der Waals surface area (Å²) in [6.07, 6.45) is 2.20. The fraction of sp³-hybridized carbons (Fsp3) is 0.700. The Morgan fingerprint density at radius 1 is 1.06 bits per heavy atom. The van der Waals surface area contributed by atoms with Crippen LogP contribution >= 0.6 is 0 Å². The molecule has 2 saturated heterocycles. The number of hydrogen-bond donors (Lipinski definition) is 7. The van der Waals surface area contributed by atoms with Crippen LogP contribution in [0, 0.1) is 0 Å². The molecule has 4 atom stereocenters. The number of carbonyl (C=O) groups excluding carboxylic acids is 4. The fourth-order valence-corrected chi connectivity index (χ4v) is 4.11. The highest BCUT2D eigenvalue weighted by atomic mass is 16.4. The molecule has 0 radical (unpaired) electrons. The third kappa shape index (κ3) is 7.86. The molecule has 4 unspecified atom stereocenters. The molecule has 10 N–H and O–H groups in total. The molecule has 0 saturated carbocycles. The number of nitrogens with one attached hydrogen (secondary N) is 3. The SMILES string of the molecule is NC(=O)CC(NC(=O)C1CCCN1)C(=O)NC(CCCN=C(N)N)C(=O)N1CCCC1C(=O)O.